The number of benzene rings is 3. The van der Waals surface area contributed by atoms with Gasteiger partial charge < -0.3 is 4.74 Å². The SMILES string of the molecule is CCN1C(=O)/C(=C\c2ccccc2OCc2ccc([N+](=O)[O-])cc2)SC1=Nc1ccc(C)cc1. The first-order valence-corrected chi connectivity index (χ1v) is 11.6. The number of para-hydroxylation sites is 1. The van der Waals surface area contributed by atoms with Crippen LogP contribution in [-0.2, 0) is 11.4 Å². The Balaban J connectivity index is 1.55. The number of aryl methyl sites for hydroxylation is 1. The molecule has 0 atom stereocenters. The lowest BCUT2D eigenvalue weighted by Crippen LogP contribution is -2.28. The fraction of sp³-hybridized carbons (Fsp3) is 0.154. The molecule has 0 spiro atoms. The summed E-state index contributed by atoms with van der Waals surface area (Å²) in [5, 5.41) is 11.5. The number of hydrogen-bond donors (Lipinski definition) is 0. The van der Waals surface area contributed by atoms with E-state index in [4.69, 9.17) is 4.74 Å². The van der Waals surface area contributed by atoms with E-state index in [1.807, 2.05) is 68.5 Å². The van der Waals surface area contributed by atoms with Crippen molar-refractivity contribution < 1.29 is 14.5 Å². The maximum absolute atomic E-state index is 13.0. The summed E-state index contributed by atoms with van der Waals surface area (Å²) < 4.78 is 5.98. The summed E-state index contributed by atoms with van der Waals surface area (Å²) in [4.78, 5) is 30.3. The molecule has 0 aliphatic carbocycles. The molecule has 3 aromatic rings. The Labute approximate surface area is 201 Å². The molecule has 7 nitrogen and oxygen atoms in total. The number of amides is 1. The van der Waals surface area contributed by atoms with Crippen molar-refractivity contribution in [3.8, 4) is 5.75 Å². The van der Waals surface area contributed by atoms with Gasteiger partial charge in [-0.15, -0.1) is 0 Å². The zero-order valence-corrected chi connectivity index (χ0v) is 19.6. The van der Waals surface area contributed by atoms with E-state index in [0.29, 0.717) is 22.4 Å². The second kappa shape index (κ2) is 10.4. The van der Waals surface area contributed by atoms with Crippen molar-refractivity contribution in [3.05, 3.63) is 105 Å². The average molecular weight is 474 g/mol. The van der Waals surface area contributed by atoms with Gasteiger partial charge in [0.15, 0.2) is 5.17 Å². The molecule has 3 aromatic carbocycles. The monoisotopic (exact) mass is 473 g/mol. The first kappa shape index (κ1) is 23.3. The molecule has 0 unspecified atom stereocenters. The second-order valence-corrected chi connectivity index (χ2v) is 8.65. The molecule has 0 saturated carbocycles. The summed E-state index contributed by atoms with van der Waals surface area (Å²) >= 11 is 1.34. The van der Waals surface area contributed by atoms with Gasteiger partial charge in [0.25, 0.3) is 11.6 Å². The summed E-state index contributed by atoms with van der Waals surface area (Å²) in [6.07, 6.45) is 1.82. The van der Waals surface area contributed by atoms with Crippen molar-refractivity contribution in [2.45, 2.75) is 20.5 Å². The molecule has 1 fully saturated rings. The van der Waals surface area contributed by atoms with E-state index in [-0.39, 0.29) is 18.2 Å². The van der Waals surface area contributed by atoms with Crippen molar-refractivity contribution in [1.82, 2.24) is 4.90 Å². The average Bonchev–Trinajstić information content (AvgIpc) is 3.13. The van der Waals surface area contributed by atoms with Crippen LogP contribution in [0.25, 0.3) is 6.08 Å². The molecule has 172 valence electrons. The first-order chi connectivity index (χ1) is 16.4. The number of nitro benzene ring substituents is 1. The number of likely N-dealkylation sites (N-methyl/N-ethyl adjacent to an activating group) is 1. The van der Waals surface area contributed by atoms with Crippen LogP contribution in [0.5, 0.6) is 5.75 Å². The van der Waals surface area contributed by atoms with Crippen LogP contribution in [0.1, 0.15) is 23.6 Å². The summed E-state index contributed by atoms with van der Waals surface area (Å²) in [5.74, 6) is 0.525. The van der Waals surface area contributed by atoms with Gasteiger partial charge in [0.1, 0.15) is 12.4 Å². The fourth-order valence-electron chi connectivity index (χ4n) is 3.35. The second-order valence-electron chi connectivity index (χ2n) is 7.64. The highest BCUT2D eigenvalue weighted by Gasteiger charge is 2.32. The quantitative estimate of drug-likeness (QED) is 0.235. The Morgan fingerprint density at radius 2 is 1.76 bits per heavy atom. The molecule has 8 heteroatoms. The standard InChI is InChI=1S/C26H23N3O4S/c1-3-28-25(30)24(34-26(28)27-21-12-8-18(2)9-13-21)16-20-6-4-5-7-23(20)33-17-19-10-14-22(15-11-19)29(31)32/h4-16H,3,17H2,1-2H3/b24-16+,27-26?. The van der Waals surface area contributed by atoms with Crippen LogP contribution < -0.4 is 4.74 Å². The minimum Gasteiger partial charge on any atom is -0.488 e. The molecule has 1 saturated heterocycles. The van der Waals surface area contributed by atoms with Crippen molar-refractivity contribution in [2.24, 2.45) is 4.99 Å². The third-order valence-electron chi connectivity index (χ3n) is 5.21. The maximum atomic E-state index is 13.0. The predicted molar refractivity (Wildman–Crippen MR) is 135 cm³/mol. The van der Waals surface area contributed by atoms with E-state index >= 15 is 0 Å². The van der Waals surface area contributed by atoms with Crippen molar-refractivity contribution in [2.75, 3.05) is 6.54 Å². The number of nitro groups is 1. The lowest BCUT2D eigenvalue weighted by atomic mass is 10.1. The molecule has 0 bridgehead atoms. The number of ether oxygens (including phenoxy) is 1. The van der Waals surface area contributed by atoms with E-state index in [1.165, 1.54) is 23.9 Å². The third kappa shape index (κ3) is 5.35. The molecular weight excluding hydrogens is 450 g/mol. The van der Waals surface area contributed by atoms with Crippen LogP contribution in [0.3, 0.4) is 0 Å². The maximum Gasteiger partial charge on any atom is 0.269 e. The Morgan fingerprint density at radius 1 is 1.06 bits per heavy atom. The molecular formula is C26H23N3O4S. The topological polar surface area (TPSA) is 85.0 Å². The smallest absolute Gasteiger partial charge is 0.269 e. The molecule has 0 aromatic heterocycles. The molecule has 1 heterocycles. The van der Waals surface area contributed by atoms with Crippen molar-refractivity contribution in [1.29, 1.82) is 0 Å². The van der Waals surface area contributed by atoms with Gasteiger partial charge >= 0.3 is 0 Å². The summed E-state index contributed by atoms with van der Waals surface area (Å²) in [6, 6.07) is 21.6. The van der Waals surface area contributed by atoms with E-state index in [9.17, 15) is 14.9 Å². The number of nitrogens with zero attached hydrogens (tertiary/aromatic N) is 3. The number of rotatable bonds is 7. The number of non-ortho nitro benzene ring substituents is 1. The lowest BCUT2D eigenvalue weighted by molar-refractivity contribution is -0.384. The number of carbonyl (C=O) groups is 1. The van der Waals surface area contributed by atoms with Crippen LogP contribution in [0.2, 0.25) is 0 Å². The highest BCUT2D eigenvalue weighted by molar-refractivity contribution is 8.18. The normalized spacial score (nSPS) is 15.8. The van der Waals surface area contributed by atoms with Gasteiger partial charge in [-0.25, -0.2) is 4.99 Å². The zero-order chi connectivity index (χ0) is 24.1. The van der Waals surface area contributed by atoms with E-state index in [1.54, 1.807) is 17.0 Å². The minimum absolute atomic E-state index is 0.0363. The van der Waals surface area contributed by atoms with Gasteiger partial charge in [0.2, 0.25) is 0 Å². The fourth-order valence-corrected chi connectivity index (χ4v) is 4.40. The minimum atomic E-state index is -0.432. The van der Waals surface area contributed by atoms with E-state index in [2.05, 4.69) is 4.99 Å². The number of carbonyl (C=O) groups excluding carboxylic acids is 1. The molecule has 34 heavy (non-hydrogen) atoms. The van der Waals surface area contributed by atoms with Gasteiger partial charge in [-0.3, -0.25) is 19.8 Å². The van der Waals surface area contributed by atoms with Gasteiger partial charge in [-0.05, 0) is 67.6 Å². The number of thioether (sulfide) groups is 1. The molecule has 0 N–H and O–H groups in total. The Morgan fingerprint density at radius 3 is 2.44 bits per heavy atom. The number of amidine groups is 1. The Hall–Kier alpha value is -3.91. The van der Waals surface area contributed by atoms with Crippen LogP contribution in [0, 0.1) is 17.0 Å². The zero-order valence-electron chi connectivity index (χ0n) is 18.8. The largest absolute Gasteiger partial charge is 0.488 e. The summed E-state index contributed by atoms with van der Waals surface area (Å²) in [5.41, 5.74) is 3.57. The van der Waals surface area contributed by atoms with Crippen LogP contribution in [0.4, 0.5) is 11.4 Å². The number of hydrogen-bond acceptors (Lipinski definition) is 6. The van der Waals surface area contributed by atoms with Crippen molar-refractivity contribution in [3.63, 3.8) is 0 Å². The Bertz CT molecular complexity index is 1270. The molecule has 1 amide bonds. The highest BCUT2D eigenvalue weighted by Crippen LogP contribution is 2.35. The van der Waals surface area contributed by atoms with Gasteiger partial charge in [-0.1, -0.05) is 35.9 Å². The summed E-state index contributed by atoms with van der Waals surface area (Å²) in [7, 11) is 0. The Kier molecular flexibility index (Phi) is 7.08. The lowest BCUT2D eigenvalue weighted by Gasteiger charge is -2.12. The van der Waals surface area contributed by atoms with E-state index in [0.717, 1.165) is 22.4 Å². The number of aliphatic imine (C=N–C) groups is 1. The molecule has 4 rings (SSSR count). The summed E-state index contributed by atoms with van der Waals surface area (Å²) in [6.45, 7) is 4.71. The molecule has 1 aliphatic heterocycles. The van der Waals surface area contributed by atoms with Crippen LogP contribution in [0.15, 0.2) is 82.7 Å². The van der Waals surface area contributed by atoms with Crippen molar-refractivity contribution >= 4 is 40.3 Å². The van der Waals surface area contributed by atoms with Crippen LogP contribution >= 0.6 is 11.8 Å². The highest BCUT2D eigenvalue weighted by atomic mass is 32.2. The van der Waals surface area contributed by atoms with Gasteiger partial charge in [0, 0.05) is 24.2 Å². The van der Waals surface area contributed by atoms with Gasteiger partial charge in [0.05, 0.1) is 15.5 Å². The predicted octanol–water partition coefficient (Wildman–Crippen LogP) is 6.11. The van der Waals surface area contributed by atoms with E-state index < -0.39 is 4.92 Å². The third-order valence-corrected chi connectivity index (χ3v) is 6.22. The first-order valence-electron chi connectivity index (χ1n) is 10.8. The molecule has 1 aliphatic rings. The molecule has 0 radical (unpaired) electrons. The van der Waals surface area contributed by atoms with Crippen LogP contribution in [-0.4, -0.2) is 27.4 Å². The van der Waals surface area contributed by atoms with Gasteiger partial charge in [-0.2, -0.15) is 0 Å².